The van der Waals surface area contributed by atoms with Gasteiger partial charge in [0.25, 0.3) is 0 Å². The third-order valence-electron chi connectivity index (χ3n) is 2.86. The van der Waals surface area contributed by atoms with E-state index in [-0.39, 0.29) is 37.5 Å². The number of sulfone groups is 1. The number of ether oxygens (including phenoxy) is 1. The van der Waals surface area contributed by atoms with E-state index < -0.39 is 21.8 Å². The first-order valence-corrected chi connectivity index (χ1v) is 8.12. The number of aliphatic carboxylic acids is 1. The third-order valence-corrected chi connectivity index (χ3v) is 3.89. The van der Waals surface area contributed by atoms with Crippen LogP contribution in [0.1, 0.15) is 19.3 Å². The smallest absolute Gasteiger partial charge is 0.305 e. The van der Waals surface area contributed by atoms with Gasteiger partial charge in [-0.05, 0) is 6.42 Å². The molecule has 0 aromatic rings. The lowest BCUT2D eigenvalue weighted by Crippen LogP contribution is -2.49. The summed E-state index contributed by atoms with van der Waals surface area (Å²) in [6, 6.07) is -0.461. The molecule has 7 nitrogen and oxygen atoms in total. The van der Waals surface area contributed by atoms with Crippen LogP contribution < -0.4 is 0 Å². The normalized spacial score (nSPS) is 20.3. The fourth-order valence-electron chi connectivity index (χ4n) is 1.98. The van der Waals surface area contributed by atoms with Crippen molar-refractivity contribution in [2.24, 2.45) is 0 Å². The molecule has 1 unspecified atom stereocenters. The van der Waals surface area contributed by atoms with Crippen LogP contribution in [0.3, 0.4) is 0 Å². The van der Waals surface area contributed by atoms with Crippen LogP contribution in [-0.2, 0) is 24.2 Å². The second kappa shape index (κ2) is 6.85. The summed E-state index contributed by atoms with van der Waals surface area (Å²) in [7, 11) is -3.07. The molecule has 1 heterocycles. The van der Waals surface area contributed by atoms with Gasteiger partial charge in [-0.3, -0.25) is 9.59 Å². The standard InChI is InChI=1S/C11H19NO6S/c1-19(16,17)6-2-3-10(13)12-4-5-18-8-9(12)7-11(14)15/h9H,2-8H2,1H3,(H,14,15). The second-order valence-corrected chi connectivity index (χ2v) is 6.91. The maximum absolute atomic E-state index is 12.0. The van der Waals surface area contributed by atoms with Crippen molar-refractivity contribution in [3.63, 3.8) is 0 Å². The van der Waals surface area contributed by atoms with Crippen molar-refractivity contribution in [1.82, 2.24) is 4.90 Å². The average molecular weight is 293 g/mol. The first-order valence-electron chi connectivity index (χ1n) is 6.06. The Morgan fingerprint density at radius 3 is 2.68 bits per heavy atom. The minimum Gasteiger partial charge on any atom is -0.481 e. The highest BCUT2D eigenvalue weighted by Crippen LogP contribution is 2.13. The topological polar surface area (TPSA) is 101 Å². The van der Waals surface area contributed by atoms with E-state index in [0.29, 0.717) is 13.2 Å². The van der Waals surface area contributed by atoms with Crippen LogP contribution in [0.5, 0.6) is 0 Å². The van der Waals surface area contributed by atoms with Gasteiger partial charge in [0.05, 0.1) is 31.4 Å². The van der Waals surface area contributed by atoms with Gasteiger partial charge in [-0.1, -0.05) is 0 Å². The van der Waals surface area contributed by atoms with Gasteiger partial charge in [0.15, 0.2) is 0 Å². The van der Waals surface area contributed by atoms with Gasteiger partial charge in [0.2, 0.25) is 5.91 Å². The zero-order chi connectivity index (χ0) is 14.5. The molecule has 0 radical (unpaired) electrons. The highest BCUT2D eigenvalue weighted by molar-refractivity contribution is 7.90. The maximum atomic E-state index is 12.0. The first-order chi connectivity index (χ1) is 8.79. The van der Waals surface area contributed by atoms with Gasteiger partial charge in [0.1, 0.15) is 9.84 Å². The van der Waals surface area contributed by atoms with E-state index in [4.69, 9.17) is 9.84 Å². The molecule has 0 aromatic carbocycles. The fraction of sp³-hybridized carbons (Fsp3) is 0.818. The number of hydrogen-bond acceptors (Lipinski definition) is 5. The van der Waals surface area contributed by atoms with Crippen molar-refractivity contribution in [2.75, 3.05) is 31.8 Å². The molecule has 1 amide bonds. The number of morpholine rings is 1. The number of nitrogens with zero attached hydrogens (tertiary/aromatic N) is 1. The molecule has 1 saturated heterocycles. The molecule has 1 aliphatic heterocycles. The van der Waals surface area contributed by atoms with E-state index in [1.165, 1.54) is 4.90 Å². The quantitative estimate of drug-likeness (QED) is 0.709. The molecule has 0 bridgehead atoms. The summed E-state index contributed by atoms with van der Waals surface area (Å²) < 4.78 is 27.1. The van der Waals surface area contributed by atoms with E-state index in [9.17, 15) is 18.0 Å². The Morgan fingerprint density at radius 2 is 2.11 bits per heavy atom. The van der Waals surface area contributed by atoms with E-state index in [1.54, 1.807) is 0 Å². The number of rotatable bonds is 6. The van der Waals surface area contributed by atoms with Crippen LogP contribution in [-0.4, -0.2) is 68.1 Å². The molecule has 110 valence electrons. The molecule has 1 fully saturated rings. The fourth-order valence-corrected chi connectivity index (χ4v) is 2.65. The summed E-state index contributed by atoms with van der Waals surface area (Å²) >= 11 is 0. The number of carbonyl (C=O) groups is 2. The van der Waals surface area contributed by atoms with Crippen molar-refractivity contribution in [3.05, 3.63) is 0 Å². The minimum absolute atomic E-state index is 0.0350. The number of carbonyl (C=O) groups excluding carboxylic acids is 1. The second-order valence-electron chi connectivity index (χ2n) is 4.65. The van der Waals surface area contributed by atoms with E-state index in [2.05, 4.69) is 0 Å². The number of hydrogen-bond donors (Lipinski definition) is 1. The number of carboxylic acid groups (broad SMARTS) is 1. The van der Waals surface area contributed by atoms with Crippen LogP contribution in [0.4, 0.5) is 0 Å². The van der Waals surface area contributed by atoms with Crippen LogP contribution in [0.25, 0.3) is 0 Å². The Balaban J connectivity index is 2.50. The summed E-state index contributed by atoms with van der Waals surface area (Å²) in [6.45, 7) is 0.952. The summed E-state index contributed by atoms with van der Waals surface area (Å²) in [4.78, 5) is 24.2. The summed E-state index contributed by atoms with van der Waals surface area (Å²) in [6.07, 6.45) is 1.34. The maximum Gasteiger partial charge on any atom is 0.305 e. The van der Waals surface area contributed by atoms with Crippen LogP contribution in [0, 0.1) is 0 Å². The molecule has 19 heavy (non-hydrogen) atoms. The lowest BCUT2D eigenvalue weighted by Gasteiger charge is -2.34. The van der Waals surface area contributed by atoms with Gasteiger partial charge in [0, 0.05) is 19.2 Å². The number of amides is 1. The highest BCUT2D eigenvalue weighted by Gasteiger charge is 2.28. The number of carboxylic acids is 1. The molecule has 1 aliphatic rings. The third kappa shape index (κ3) is 6.02. The van der Waals surface area contributed by atoms with Crippen molar-refractivity contribution in [1.29, 1.82) is 0 Å². The zero-order valence-corrected chi connectivity index (χ0v) is 11.7. The largest absolute Gasteiger partial charge is 0.481 e. The van der Waals surface area contributed by atoms with E-state index in [0.717, 1.165) is 6.26 Å². The molecule has 0 aromatic heterocycles. The zero-order valence-electron chi connectivity index (χ0n) is 10.9. The van der Waals surface area contributed by atoms with Gasteiger partial charge in [-0.2, -0.15) is 0 Å². The molecule has 0 saturated carbocycles. The molecule has 1 N–H and O–H groups in total. The lowest BCUT2D eigenvalue weighted by molar-refractivity contribution is -0.146. The molecular formula is C11H19NO6S. The molecule has 8 heteroatoms. The molecule has 0 spiro atoms. The SMILES string of the molecule is CS(=O)(=O)CCCC(=O)N1CCOCC1CC(=O)O. The van der Waals surface area contributed by atoms with Gasteiger partial charge < -0.3 is 14.7 Å². The van der Waals surface area contributed by atoms with Crippen LogP contribution in [0.15, 0.2) is 0 Å². The van der Waals surface area contributed by atoms with E-state index >= 15 is 0 Å². The van der Waals surface area contributed by atoms with Crippen LogP contribution in [0.2, 0.25) is 0 Å². The van der Waals surface area contributed by atoms with Crippen molar-refractivity contribution < 1.29 is 27.9 Å². The van der Waals surface area contributed by atoms with E-state index in [1.807, 2.05) is 0 Å². The lowest BCUT2D eigenvalue weighted by atomic mass is 10.1. The Kier molecular flexibility index (Phi) is 5.74. The van der Waals surface area contributed by atoms with Crippen molar-refractivity contribution in [2.45, 2.75) is 25.3 Å². The Bertz CT molecular complexity index is 432. The van der Waals surface area contributed by atoms with Crippen molar-refractivity contribution >= 4 is 21.7 Å². The van der Waals surface area contributed by atoms with Gasteiger partial charge in [-0.15, -0.1) is 0 Å². The summed E-state index contributed by atoms with van der Waals surface area (Å²) in [5.74, 6) is -1.23. The minimum atomic E-state index is -3.07. The van der Waals surface area contributed by atoms with Crippen molar-refractivity contribution in [3.8, 4) is 0 Å². The monoisotopic (exact) mass is 293 g/mol. The Morgan fingerprint density at radius 1 is 1.42 bits per heavy atom. The average Bonchev–Trinajstić information content (AvgIpc) is 2.27. The highest BCUT2D eigenvalue weighted by atomic mass is 32.2. The molecule has 1 rings (SSSR count). The predicted octanol–water partition coefficient (Wildman–Crippen LogP) is -0.487. The Hall–Kier alpha value is -1.15. The molecular weight excluding hydrogens is 274 g/mol. The Labute approximate surface area is 112 Å². The molecule has 0 aliphatic carbocycles. The predicted molar refractivity (Wildman–Crippen MR) is 67.5 cm³/mol. The van der Waals surface area contributed by atoms with Gasteiger partial charge >= 0.3 is 5.97 Å². The molecule has 1 atom stereocenters. The summed E-state index contributed by atoms with van der Waals surface area (Å²) in [5, 5.41) is 8.78. The van der Waals surface area contributed by atoms with Gasteiger partial charge in [-0.25, -0.2) is 8.42 Å². The first kappa shape index (κ1) is 15.9. The summed E-state index contributed by atoms with van der Waals surface area (Å²) in [5.41, 5.74) is 0. The van der Waals surface area contributed by atoms with Crippen LogP contribution >= 0.6 is 0 Å².